The molecule has 0 radical (unpaired) electrons. The van der Waals surface area contributed by atoms with Crippen LogP contribution in [0.5, 0.6) is 0 Å². The van der Waals surface area contributed by atoms with Crippen molar-refractivity contribution in [2.75, 3.05) is 19.5 Å². The van der Waals surface area contributed by atoms with E-state index in [1.165, 1.54) is 0 Å². The number of unbranched alkanes of at least 4 members (excludes halogenated alkanes) is 2. The van der Waals surface area contributed by atoms with Crippen molar-refractivity contribution in [2.24, 2.45) is 0 Å². The Bertz CT molecular complexity index is 377. The maximum atomic E-state index is 12.0. The highest BCUT2D eigenvalue weighted by Crippen LogP contribution is 2.12. The van der Waals surface area contributed by atoms with Crippen LogP contribution in [-0.4, -0.2) is 35.3 Å². The van der Waals surface area contributed by atoms with Crippen molar-refractivity contribution in [3.05, 3.63) is 17.3 Å². The standard InChI is InChI=1S/C12H19ClN2O2/c1-9-11(17-10(2)14-9)12(16)15(3)8-6-4-5-7-13/h4-8H2,1-3H3. The fourth-order valence-electron chi connectivity index (χ4n) is 1.62. The van der Waals surface area contributed by atoms with E-state index in [1.54, 1.807) is 25.8 Å². The highest BCUT2D eigenvalue weighted by atomic mass is 35.5. The Kier molecular flexibility index (Phi) is 5.48. The van der Waals surface area contributed by atoms with E-state index in [-0.39, 0.29) is 5.91 Å². The van der Waals surface area contributed by atoms with Gasteiger partial charge in [0.25, 0.3) is 5.91 Å². The molecule has 0 bridgehead atoms. The molecule has 1 amide bonds. The van der Waals surface area contributed by atoms with E-state index in [4.69, 9.17) is 16.0 Å². The van der Waals surface area contributed by atoms with Crippen LogP contribution in [0, 0.1) is 13.8 Å². The number of aryl methyl sites for hydroxylation is 2. The molecule has 0 saturated carbocycles. The molecule has 1 rings (SSSR count). The Morgan fingerprint density at radius 3 is 2.59 bits per heavy atom. The molecule has 0 saturated heterocycles. The van der Waals surface area contributed by atoms with Gasteiger partial charge in [-0.25, -0.2) is 4.98 Å². The predicted molar refractivity (Wildman–Crippen MR) is 67.5 cm³/mol. The third-order valence-corrected chi connectivity index (χ3v) is 2.84. The highest BCUT2D eigenvalue weighted by Gasteiger charge is 2.19. The van der Waals surface area contributed by atoms with Gasteiger partial charge in [-0.2, -0.15) is 0 Å². The fraction of sp³-hybridized carbons (Fsp3) is 0.667. The molecule has 5 heteroatoms. The van der Waals surface area contributed by atoms with E-state index in [0.717, 1.165) is 25.8 Å². The third-order valence-electron chi connectivity index (χ3n) is 2.57. The number of rotatable bonds is 6. The zero-order chi connectivity index (χ0) is 12.8. The van der Waals surface area contributed by atoms with Gasteiger partial charge >= 0.3 is 0 Å². The van der Waals surface area contributed by atoms with Crippen LogP contribution < -0.4 is 0 Å². The second-order valence-electron chi connectivity index (χ2n) is 4.12. The van der Waals surface area contributed by atoms with E-state index < -0.39 is 0 Å². The van der Waals surface area contributed by atoms with E-state index in [2.05, 4.69) is 4.98 Å². The van der Waals surface area contributed by atoms with Crippen LogP contribution in [-0.2, 0) is 0 Å². The maximum Gasteiger partial charge on any atom is 0.291 e. The van der Waals surface area contributed by atoms with Crippen LogP contribution in [0.25, 0.3) is 0 Å². The SMILES string of the molecule is Cc1nc(C)c(C(=O)N(C)CCCCCCl)o1. The molecule has 0 aliphatic carbocycles. The summed E-state index contributed by atoms with van der Waals surface area (Å²) in [5, 5.41) is 0. The zero-order valence-electron chi connectivity index (χ0n) is 10.6. The number of alkyl halides is 1. The number of oxazole rings is 1. The number of carbonyl (C=O) groups is 1. The minimum absolute atomic E-state index is 0.103. The molecule has 1 aromatic rings. The lowest BCUT2D eigenvalue weighted by Crippen LogP contribution is -2.28. The lowest BCUT2D eigenvalue weighted by molar-refractivity contribution is 0.0759. The minimum Gasteiger partial charge on any atom is -0.436 e. The van der Waals surface area contributed by atoms with E-state index in [1.807, 2.05) is 0 Å². The molecule has 1 heterocycles. The molecule has 96 valence electrons. The second-order valence-corrected chi connectivity index (χ2v) is 4.50. The first-order valence-corrected chi connectivity index (χ1v) is 6.35. The number of aromatic nitrogens is 1. The predicted octanol–water partition coefficient (Wildman–Crippen LogP) is 2.77. The molecule has 0 N–H and O–H groups in total. The number of carbonyl (C=O) groups excluding carboxylic acids is 1. The summed E-state index contributed by atoms with van der Waals surface area (Å²) < 4.78 is 5.30. The van der Waals surface area contributed by atoms with Gasteiger partial charge in [0.05, 0.1) is 5.69 Å². The maximum absolute atomic E-state index is 12.0. The zero-order valence-corrected chi connectivity index (χ0v) is 11.4. The molecule has 0 unspecified atom stereocenters. The lowest BCUT2D eigenvalue weighted by atomic mass is 10.2. The minimum atomic E-state index is -0.103. The Morgan fingerprint density at radius 1 is 1.35 bits per heavy atom. The summed E-state index contributed by atoms with van der Waals surface area (Å²) in [4.78, 5) is 17.8. The van der Waals surface area contributed by atoms with Gasteiger partial charge in [0.15, 0.2) is 5.89 Å². The van der Waals surface area contributed by atoms with Gasteiger partial charge in [-0.1, -0.05) is 6.42 Å². The molecule has 0 aliphatic heterocycles. The van der Waals surface area contributed by atoms with Crippen molar-refractivity contribution in [3.63, 3.8) is 0 Å². The molecular weight excluding hydrogens is 240 g/mol. The first-order chi connectivity index (χ1) is 8.06. The highest BCUT2D eigenvalue weighted by molar-refractivity contribution is 6.17. The molecule has 17 heavy (non-hydrogen) atoms. The number of halogens is 1. The van der Waals surface area contributed by atoms with E-state index >= 15 is 0 Å². The molecule has 0 aromatic carbocycles. The number of hydrogen-bond acceptors (Lipinski definition) is 3. The summed E-state index contributed by atoms with van der Waals surface area (Å²) in [6, 6.07) is 0. The van der Waals surface area contributed by atoms with Gasteiger partial charge in [-0.15, -0.1) is 11.6 Å². The van der Waals surface area contributed by atoms with Crippen molar-refractivity contribution in [2.45, 2.75) is 33.1 Å². The van der Waals surface area contributed by atoms with Gasteiger partial charge < -0.3 is 9.32 Å². The third kappa shape index (κ3) is 4.04. The molecule has 4 nitrogen and oxygen atoms in total. The molecule has 1 aromatic heterocycles. The van der Waals surface area contributed by atoms with Gasteiger partial charge in [0, 0.05) is 26.4 Å². The molecule has 0 fully saturated rings. The smallest absolute Gasteiger partial charge is 0.291 e. The Labute approximate surface area is 107 Å². The monoisotopic (exact) mass is 258 g/mol. The molecule has 0 spiro atoms. The van der Waals surface area contributed by atoms with Gasteiger partial charge in [0.2, 0.25) is 5.76 Å². The van der Waals surface area contributed by atoms with Crippen molar-refractivity contribution >= 4 is 17.5 Å². The largest absolute Gasteiger partial charge is 0.436 e. The Morgan fingerprint density at radius 2 is 2.06 bits per heavy atom. The average molecular weight is 259 g/mol. The van der Waals surface area contributed by atoms with Crippen LogP contribution in [0.2, 0.25) is 0 Å². The Balaban J connectivity index is 2.49. The normalized spacial score (nSPS) is 10.6. The summed E-state index contributed by atoms with van der Waals surface area (Å²) in [5.74, 6) is 1.45. The van der Waals surface area contributed by atoms with Gasteiger partial charge in [-0.05, 0) is 19.8 Å². The Hall–Kier alpha value is -1.03. The summed E-state index contributed by atoms with van der Waals surface area (Å²) in [7, 11) is 1.78. The van der Waals surface area contributed by atoms with Crippen LogP contribution in [0.1, 0.15) is 41.4 Å². The van der Waals surface area contributed by atoms with Gasteiger partial charge in [0.1, 0.15) is 0 Å². The van der Waals surface area contributed by atoms with Gasteiger partial charge in [-0.3, -0.25) is 4.79 Å². The van der Waals surface area contributed by atoms with E-state index in [0.29, 0.717) is 23.2 Å². The summed E-state index contributed by atoms with van der Waals surface area (Å²) in [6.45, 7) is 4.24. The quantitative estimate of drug-likeness (QED) is 0.582. The van der Waals surface area contributed by atoms with Crippen LogP contribution >= 0.6 is 11.6 Å². The number of amides is 1. The summed E-state index contributed by atoms with van der Waals surface area (Å²) in [5.41, 5.74) is 0.653. The molecular formula is C12H19ClN2O2. The first kappa shape index (κ1) is 14.0. The number of nitrogens with zero attached hydrogens (tertiary/aromatic N) is 2. The second kappa shape index (κ2) is 6.64. The topological polar surface area (TPSA) is 46.3 Å². The number of hydrogen-bond donors (Lipinski definition) is 0. The summed E-state index contributed by atoms with van der Waals surface area (Å²) >= 11 is 5.60. The van der Waals surface area contributed by atoms with Crippen LogP contribution in [0.3, 0.4) is 0 Å². The van der Waals surface area contributed by atoms with Crippen molar-refractivity contribution in [1.82, 2.24) is 9.88 Å². The fourth-order valence-corrected chi connectivity index (χ4v) is 1.81. The van der Waals surface area contributed by atoms with E-state index in [9.17, 15) is 4.79 Å². The van der Waals surface area contributed by atoms with Crippen LogP contribution in [0.15, 0.2) is 4.42 Å². The van der Waals surface area contributed by atoms with Crippen molar-refractivity contribution in [3.8, 4) is 0 Å². The molecule has 0 aliphatic rings. The summed E-state index contributed by atoms with van der Waals surface area (Å²) in [6.07, 6.45) is 2.99. The molecule has 0 atom stereocenters. The van der Waals surface area contributed by atoms with Crippen molar-refractivity contribution < 1.29 is 9.21 Å². The van der Waals surface area contributed by atoms with Crippen molar-refractivity contribution in [1.29, 1.82) is 0 Å². The van der Waals surface area contributed by atoms with Crippen LogP contribution in [0.4, 0.5) is 0 Å². The average Bonchev–Trinajstić information content (AvgIpc) is 2.62. The first-order valence-electron chi connectivity index (χ1n) is 5.81. The lowest BCUT2D eigenvalue weighted by Gasteiger charge is -2.15.